The van der Waals surface area contributed by atoms with Gasteiger partial charge in [0.15, 0.2) is 0 Å². The number of aromatic nitrogens is 1. The molecule has 0 radical (unpaired) electrons. The van der Waals surface area contributed by atoms with Crippen molar-refractivity contribution >= 4 is 44.6 Å². The summed E-state index contributed by atoms with van der Waals surface area (Å²) in [7, 11) is -2.54. The molecule has 61 heavy (non-hydrogen) atoms. The van der Waals surface area contributed by atoms with Crippen molar-refractivity contribution in [2.45, 2.75) is 133 Å². The number of aryl methyl sites for hydroxylation is 1. The minimum Gasteiger partial charge on any atom is -0.497 e. The van der Waals surface area contributed by atoms with Crippen molar-refractivity contribution in [3.8, 4) is 17.5 Å². The maximum absolute atomic E-state index is 14.9. The highest BCUT2D eigenvalue weighted by Gasteiger charge is 2.63. The van der Waals surface area contributed by atoms with Crippen LogP contribution in [0.25, 0.3) is 10.8 Å². The Morgan fingerprint density at radius 3 is 2.52 bits per heavy atom. The van der Waals surface area contributed by atoms with Crippen molar-refractivity contribution in [2.75, 3.05) is 20.3 Å². The zero-order valence-electron chi connectivity index (χ0n) is 35.1. The number of alkyl carbamates (subject to hydrolysis) is 1. The van der Waals surface area contributed by atoms with Crippen LogP contribution < -0.4 is 29.6 Å². The Hall–Kier alpha value is -4.81. The SMILES string of the molecule is COc1ccc2c(O[C@@H]3C[C@H]4C(=O)N[C@]5(C(=O)NS(=O)(=O)C6(C)CC6)C[C@H]5/C=C\CC[C@@H](C)C[C@@H](C)[C@H](NC(=O)OC(C)(C)C(F)(F)F)C(=O)N4C3)nc3c(c2c1)CCCO3. The second-order valence-electron chi connectivity index (χ2n) is 18.0. The highest BCUT2D eigenvalue weighted by atomic mass is 32.2. The number of ether oxygens (including phenoxy) is 4. The molecule has 334 valence electrons. The molecule has 15 nitrogen and oxygen atoms in total. The molecule has 4 amide bonds. The van der Waals surface area contributed by atoms with Crippen LogP contribution in [0.15, 0.2) is 30.4 Å². The Kier molecular flexibility index (Phi) is 11.7. The predicted molar refractivity (Wildman–Crippen MR) is 215 cm³/mol. The van der Waals surface area contributed by atoms with E-state index in [-0.39, 0.29) is 31.2 Å². The van der Waals surface area contributed by atoms with Gasteiger partial charge < -0.3 is 34.5 Å². The molecule has 2 saturated carbocycles. The number of alkyl halides is 3. The first-order valence-corrected chi connectivity index (χ1v) is 22.3. The Morgan fingerprint density at radius 2 is 1.84 bits per heavy atom. The number of pyridine rings is 1. The Bertz CT molecular complexity index is 2230. The Morgan fingerprint density at radius 1 is 1.10 bits per heavy atom. The summed E-state index contributed by atoms with van der Waals surface area (Å²) >= 11 is 0. The fourth-order valence-corrected chi connectivity index (χ4v) is 9.80. The van der Waals surface area contributed by atoms with Crippen LogP contribution in [0.4, 0.5) is 18.0 Å². The summed E-state index contributed by atoms with van der Waals surface area (Å²) in [5.74, 6) is -2.60. The number of carbonyl (C=O) groups is 4. The van der Waals surface area contributed by atoms with Crippen molar-refractivity contribution in [3.63, 3.8) is 0 Å². The lowest BCUT2D eigenvalue weighted by atomic mass is 9.88. The average Bonchev–Trinajstić information content (AvgIpc) is 4.07. The van der Waals surface area contributed by atoms with Crippen molar-refractivity contribution in [1.29, 1.82) is 0 Å². The normalized spacial score (nSPS) is 29.6. The van der Waals surface area contributed by atoms with Gasteiger partial charge in [0.1, 0.15) is 29.5 Å². The fraction of sp³-hybridized carbons (Fsp3) is 0.643. The maximum atomic E-state index is 14.9. The van der Waals surface area contributed by atoms with Gasteiger partial charge in [0.2, 0.25) is 39.2 Å². The van der Waals surface area contributed by atoms with E-state index >= 15 is 0 Å². The third kappa shape index (κ3) is 8.80. The molecule has 2 aliphatic carbocycles. The Labute approximate surface area is 352 Å². The second kappa shape index (κ2) is 16.1. The molecule has 3 fully saturated rings. The quantitative estimate of drug-likeness (QED) is 0.294. The molecule has 1 aromatic carbocycles. The molecule has 0 unspecified atom stereocenters. The van der Waals surface area contributed by atoms with E-state index in [2.05, 4.69) is 15.4 Å². The molecule has 3 aliphatic heterocycles. The van der Waals surface area contributed by atoms with Crippen LogP contribution in [0.3, 0.4) is 0 Å². The third-order valence-electron chi connectivity index (χ3n) is 12.9. The van der Waals surface area contributed by atoms with E-state index in [1.54, 1.807) is 32.2 Å². The highest BCUT2D eigenvalue weighted by molar-refractivity contribution is 7.91. The summed E-state index contributed by atoms with van der Waals surface area (Å²) in [4.78, 5) is 62.6. The molecule has 7 rings (SSSR count). The van der Waals surface area contributed by atoms with Crippen LogP contribution in [0, 0.1) is 17.8 Å². The topological polar surface area (TPSA) is 192 Å². The summed E-state index contributed by atoms with van der Waals surface area (Å²) in [5.41, 5.74) is -3.68. The van der Waals surface area contributed by atoms with Crippen LogP contribution in [0.5, 0.6) is 17.5 Å². The molecule has 0 spiro atoms. The van der Waals surface area contributed by atoms with Gasteiger partial charge in [-0.3, -0.25) is 19.1 Å². The minimum atomic E-state index is -4.92. The summed E-state index contributed by atoms with van der Waals surface area (Å²) in [6.07, 6.45) is 0.0393. The van der Waals surface area contributed by atoms with E-state index in [0.29, 0.717) is 76.0 Å². The first-order valence-electron chi connectivity index (χ1n) is 20.8. The number of nitrogens with one attached hydrogen (secondary N) is 3. The van der Waals surface area contributed by atoms with Gasteiger partial charge in [-0.25, -0.2) is 13.2 Å². The van der Waals surface area contributed by atoms with Gasteiger partial charge >= 0.3 is 12.3 Å². The number of carbonyl (C=O) groups excluding carboxylic acids is 4. The van der Waals surface area contributed by atoms with E-state index in [1.807, 2.05) is 19.1 Å². The average molecular weight is 878 g/mol. The zero-order chi connectivity index (χ0) is 44.3. The summed E-state index contributed by atoms with van der Waals surface area (Å²) in [6.45, 7) is 6.76. The van der Waals surface area contributed by atoms with E-state index in [1.165, 1.54) is 11.8 Å². The largest absolute Gasteiger partial charge is 0.497 e. The minimum absolute atomic E-state index is 0.0457. The van der Waals surface area contributed by atoms with Crippen LogP contribution >= 0.6 is 0 Å². The van der Waals surface area contributed by atoms with Crippen molar-refractivity contribution < 1.29 is 59.7 Å². The molecule has 7 atom stereocenters. The molecule has 0 bridgehead atoms. The number of benzene rings is 1. The lowest BCUT2D eigenvalue weighted by Gasteiger charge is -2.34. The number of amides is 4. The zero-order valence-corrected chi connectivity index (χ0v) is 36.0. The van der Waals surface area contributed by atoms with Crippen molar-refractivity contribution in [2.24, 2.45) is 17.8 Å². The van der Waals surface area contributed by atoms with Crippen LogP contribution in [0.2, 0.25) is 0 Å². The number of sulfonamides is 1. The molecule has 2 aromatic rings. The summed E-state index contributed by atoms with van der Waals surface area (Å²) < 4.78 is 91.8. The first-order chi connectivity index (χ1) is 28.6. The smallest absolute Gasteiger partial charge is 0.427 e. The summed E-state index contributed by atoms with van der Waals surface area (Å²) in [5, 5.41) is 6.61. The number of halogens is 3. The van der Waals surface area contributed by atoms with E-state index < -0.39 is 85.9 Å². The van der Waals surface area contributed by atoms with Gasteiger partial charge in [-0.1, -0.05) is 26.0 Å². The number of rotatable bonds is 8. The number of methoxy groups -OCH3 is 1. The van der Waals surface area contributed by atoms with Crippen LogP contribution in [-0.2, 0) is 35.6 Å². The lowest BCUT2D eigenvalue weighted by Crippen LogP contribution is -2.59. The summed E-state index contributed by atoms with van der Waals surface area (Å²) in [6, 6.07) is 2.59. The molecular formula is C42H54F3N5O10S. The standard InChI is InChI=1S/C42H54F3N5O10S/c1-23-10-7-8-11-25-21-41(25,37(53)49-61(55,56)40(5)15-16-40)48-33(51)31-20-27(59-35-29-14-13-26(57-6)19-30(29)28-12-9-17-58-34(28)47-35)22-50(31)36(52)32(24(2)18-23)46-38(54)60-39(3,4)42(43,44)45/h8,11,13-14,19,23-25,27,31-32H,7,9-10,12,15-18,20-22H2,1-6H3,(H,46,54)(H,48,51)(H,49,53)/b11-8-/t23-,24-,25-,27-,31+,32+,41-/m1/s1. The number of allylic oxidation sites excluding steroid dienone is 1. The predicted octanol–water partition coefficient (Wildman–Crippen LogP) is 5.24. The van der Waals surface area contributed by atoms with Crippen LogP contribution in [0.1, 0.15) is 91.5 Å². The van der Waals surface area contributed by atoms with Gasteiger partial charge in [0.05, 0.1) is 25.0 Å². The molecule has 5 aliphatic rings. The van der Waals surface area contributed by atoms with Gasteiger partial charge in [0, 0.05) is 23.3 Å². The Balaban J connectivity index is 1.25. The van der Waals surface area contributed by atoms with E-state index in [0.717, 1.165) is 17.4 Å². The van der Waals surface area contributed by atoms with E-state index in [4.69, 9.17) is 23.9 Å². The van der Waals surface area contributed by atoms with Gasteiger partial charge in [-0.2, -0.15) is 18.2 Å². The highest BCUT2D eigenvalue weighted by Crippen LogP contribution is 2.48. The number of hydrogen-bond donors (Lipinski definition) is 3. The number of nitrogens with zero attached hydrogens (tertiary/aromatic N) is 2. The maximum Gasteiger partial charge on any atom is 0.427 e. The molecule has 1 aromatic heterocycles. The lowest BCUT2D eigenvalue weighted by molar-refractivity contribution is -0.244. The number of fused-ring (bicyclic) bond motifs is 5. The fourth-order valence-electron chi connectivity index (χ4n) is 8.49. The molecule has 19 heteroatoms. The molecular weight excluding hydrogens is 824 g/mol. The molecule has 4 heterocycles. The van der Waals surface area contributed by atoms with E-state index in [9.17, 15) is 40.8 Å². The first kappa shape index (κ1) is 44.3. The number of hydrogen-bond acceptors (Lipinski definition) is 11. The van der Waals surface area contributed by atoms with Crippen molar-refractivity contribution in [3.05, 3.63) is 35.9 Å². The molecule has 1 saturated heterocycles. The third-order valence-corrected chi connectivity index (χ3v) is 15.0. The van der Waals surface area contributed by atoms with Gasteiger partial charge in [-0.05, 0) is 108 Å². The monoisotopic (exact) mass is 877 g/mol. The van der Waals surface area contributed by atoms with Crippen molar-refractivity contribution in [1.82, 2.24) is 25.2 Å². The van der Waals surface area contributed by atoms with Gasteiger partial charge in [-0.15, -0.1) is 0 Å². The molecule has 3 N–H and O–H groups in total. The second-order valence-corrected chi connectivity index (χ2v) is 20.2. The van der Waals surface area contributed by atoms with Gasteiger partial charge in [0.25, 0.3) is 5.91 Å². The van der Waals surface area contributed by atoms with Crippen LogP contribution in [-0.4, -0.2) is 103 Å².